The van der Waals surface area contributed by atoms with E-state index in [2.05, 4.69) is 18.7 Å². The monoisotopic (exact) mass is 211 g/mol. The van der Waals surface area contributed by atoms with E-state index in [0.717, 1.165) is 22.6 Å². The molecule has 1 aromatic rings. The number of hydrogen-bond donors (Lipinski definition) is 1. The highest BCUT2D eigenvalue weighted by Crippen LogP contribution is 2.19. The Morgan fingerprint density at radius 2 is 2.23 bits per heavy atom. The fraction of sp³-hybridized carbons (Fsp3) is 0.300. The van der Waals surface area contributed by atoms with Gasteiger partial charge in [0.25, 0.3) is 0 Å². The number of rotatable bonds is 3. The maximum absolute atomic E-state index is 8.44. The third kappa shape index (κ3) is 2.95. The van der Waals surface area contributed by atoms with Crippen LogP contribution in [0.15, 0.2) is 18.2 Å². The summed E-state index contributed by atoms with van der Waals surface area (Å²) in [6.07, 6.45) is 1.23. The zero-order valence-electron chi connectivity index (χ0n) is 7.13. The lowest BCUT2D eigenvalue weighted by Gasteiger charge is -2.03. The molecule has 0 saturated heterocycles. The van der Waals surface area contributed by atoms with Gasteiger partial charge in [0.15, 0.2) is 0 Å². The Morgan fingerprint density at radius 1 is 1.46 bits per heavy atom. The Morgan fingerprint density at radius 3 is 2.85 bits per heavy atom. The van der Waals surface area contributed by atoms with Crippen LogP contribution in [0.3, 0.4) is 0 Å². The molecule has 0 aliphatic carbocycles. The van der Waals surface area contributed by atoms with E-state index in [4.69, 9.17) is 16.9 Å². The lowest BCUT2D eigenvalue weighted by atomic mass is 10.1. The van der Waals surface area contributed by atoms with Crippen LogP contribution in [0.25, 0.3) is 0 Å². The molecule has 13 heavy (non-hydrogen) atoms. The third-order valence-electron chi connectivity index (χ3n) is 1.80. The van der Waals surface area contributed by atoms with Crippen molar-refractivity contribution < 1.29 is 0 Å². The minimum Gasteiger partial charge on any atom is -0.198 e. The molecule has 68 valence electrons. The number of aryl methyl sites for hydroxylation is 1. The predicted molar refractivity (Wildman–Crippen MR) is 58.1 cm³/mol. The first-order chi connectivity index (χ1) is 6.27. The average molecular weight is 212 g/mol. The van der Waals surface area contributed by atoms with Gasteiger partial charge in [-0.3, -0.25) is 0 Å². The van der Waals surface area contributed by atoms with Gasteiger partial charge in [-0.05, 0) is 23.6 Å². The summed E-state index contributed by atoms with van der Waals surface area (Å²) in [6.45, 7) is 0. The van der Waals surface area contributed by atoms with Crippen molar-refractivity contribution in [2.24, 2.45) is 0 Å². The molecule has 1 rings (SSSR count). The van der Waals surface area contributed by atoms with E-state index < -0.39 is 0 Å². The molecule has 0 aliphatic heterocycles. The van der Waals surface area contributed by atoms with E-state index in [1.54, 1.807) is 0 Å². The van der Waals surface area contributed by atoms with Crippen molar-refractivity contribution >= 4 is 24.2 Å². The number of halogens is 1. The van der Waals surface area contributed by atoms with E-state index in [9.17, 15) is 0 Å². The van der Waals surface area contributed by atoms with E-state index in [-0.39, 0.29) is 0 Å². The molecule has 0 bridgehead atoms. The summed E-state index contributed by atoms with van der Waals surface area (Å²) in [6, 6.07) is 7.92. The third-order valence-corrected chi connectivity index (χ3v) is 2.53. The molecule has 3 heteroatoms. The van der Waals surface area contributed by atoms with E-state index in [0.29, 0.717) is 12.2 Å². The zero-order chi connectivity index (χ0) is 9.68. The maximum Gasteiger partial charge on any atom is 0.0625 e. The van der Waals surface area contributed by atoms with Crippen molar-refractivity contribution in [3.8, 4) is 6.07 Å². The van der Waals surface area contributed by atoms with Crippen LogP contribution >= 0.6 is 24.2 Å². The molecule has 0 heterocycles. The molecule has 0 radical (unpaired) electrons. The van der Waals surface area contributed by atoms with Gasteiger partial charge in [-0.25, -0.2) is 0 Å². The second-order valence-corrected chi connectivity index (χ2v) is 3.47. The van der Waals surface area contributed by atoms with Crippen molar-refractivity contribution in [2.45, 2.75) is 18.6 Å². The van der Waals surface area contributed by atoms with E-state index >= 15 is 0 Å². The molecule has 0 aliphatic rings. The Labute approximate surface area is 88.7 Å². The topological polar surface area (TPSA) is 23.8 Å². The van der Waals surface area contributed by atoms with Gasteiger partial charge in [-0.15, -0.1) is 0 Å². The number of hydrogen-bond acceptors (Lipinski definition) is 2. The standard InChI is InChI=1S/C10H10ClNS/c11-10-4-3-8(7-13)6-9(10)2-1-5-12/h3-4,6,13H,1-2,7H2. The van der Waals surface area contributed by atoms with Gasteiger partial charge in [0, 0.05) is 17.2 Å². The van der Waals surface area contributed by atoms with Crippen LogP contribution in [0.2, 0.25) is 5.02 Å². The van der Waals surface area contributed by atoms with Crippen molar-refractivity contribution in [1.29, 1.82) is 5.26 Å². The fourth-order valence-corrected chi connectivity index (χ4v) is 1.52. The number of nitriles is 1. The van der Waals surface area contributed by atoms with Crippen LogP contribution < -0.4 is 0 Å². The van der Waals surface area contributed by atoms with Crippen LogP contribution in [-0.4, -0.2) is 0 Å². The van der Waals surface area contributed by atoms with Gasteiger partial charge in [0.05, 0.1) is 6.07 Å². The first-order valence-electron chi connectivity index (χ1n) is 4.03. The molecule has 1 nitrogen and oxygen atoms in total. The van der Waals surface area contributed by atoms with Crippen LogP contribution in [-0.2, 0) is 12.2 Å². The summed E-state index contributed by atoms with van der Waals surface area (Å²) >= 11 is 10.1. The minimum absolute atomic E-state index is 0.510. The minimum atomic E-state index is 0.510. The van der Waals surface area contributed by atoms with Crippen molar-refractivity contribution in [3.63, 3.8) is 0 Å². The molecule has 0 amide bonds. The molecular formula is C10H10ClNS. The maximum atomic E-state index is 8.44. The molecule has 0 N–H and O–H groups in total. The van der Waals surface area contributed by atoms with Crippen molar-refractivity contribution in [2.75, 3.05) is 0 Å². The van der Waals surface area contributed by atoms with E-state index in [1.807, 2.05) is 18.2 Å². The van der Waals surface area contributed by atoms with Gasteiger partial charge >= 0.3 is 0 Å². The summed E-state index contributed by atoms with van der Waals surface area (Å²) in [7, 11) is 0. The molecule has 0 unspecified atom stereocenters. The second-order valence-electron chi connectivity index (χ2n) is 2.74. The van der Waals surface area contributed by atoms with Crippen LogP contribution in [0.5, 0.6) is 0 Å². The SMILES string of the molecule is N#CCCc1cc(CS)ccc1Cl. The Kier molecular flexibility index (Phi) is 4.14. The molecular weight excluding hydrogens is 202 g/mol. The Hall–Kier alpha value is -0.650. The number of thiol groups is 1. The van der Waals surface area contributed by atoms with Crippen molar-refractivity contribution in [1.82, 2.24) is 0 Å². The van der Waals surface area contributed by atoms with Gasteiger partial charge in [0.2, 0.25) is 0 Å². The fourth-order valence-electron chi connectivity index (χ4n) is 1.11. The molecule has 0 spiro atoms. The molecule has 0 atom stereocenters. The normalized spacial score (nSPS) is 9.62. The first-order valence-corrected chi connectivity index (χ1v) is 5.04. The zero-order valence-corrected chi connectivity index (χ0v) is 8.78. The highest BCUT2D eigenvalue weighted by Gasteiger charge is 2.00. The lowest BCUT2D eigenvalue weighted by molar-refractivity contribution is 1.01. The number of nitrogens with zero attached hydrogens (tertiary/aromatic N) is 1. The second kappa shape index (κ2) is 5.16. The molecule has 0 fully saturated rings. The van der Waals surface area contributed by atoms with Crippen LogP contribution in [0.1, 0.15) is 17.5 Å². The highest BCUT2D eigenvalue weighted by molar-refractivity contribution is 7.79. The molecule has 0 saturated carbocycles. The highest BCUT2D eigenvalue weighted by atomic mass is 35.5. The van der Waals surface area contributed by atoms with Gasteiger partial charge in [0.1, 0.15) is 0 Å². The quantitative estimate of drug-likeness (QED) is 0.763. The summed E-state index contributed by atoms with van der Waals surface area (Å²) in [5.74, 6) is 0.705. The smallest absolute Gasteiger partial charge is 0.0625 e. The number of benzene rings is 1. The summed E-state index contributed by atoms with van der Waals surface area (Å²) in [5.41, 5.74) is 2.18. The summed E-state index contributed by atoms with van der Waals surface area (Å²) in [4.78, 5) is 0. The largest absolute Gasteiger partial charge is 0.198 e. The molecule has 0 aromatic heterocycles. The van der Waals surface area contributed by atoms with Gasteiger partial charge < -0.3 is 0 Å². The van der Waals surface area contributed by atoms with Crippen LogP contribution in [0.4, 0.5) is 0 Å². The summed E-state index contributed by atoms with van der Waals surface area (Å²) < 4.78 is 0. The first kappa shape index (κ1) is 10.4. The van der Waals surface area contributed by atoms with E-state index in [1.165, 1.54) is 0 Å². The average Bonchev–Trinajstić information content (AvgIpc) is 2.17. The van der Waals surface area contributed by atoms with Crippen LogP contribution in [0, 0.1) is 11.3 Å². The van der Waals surface area contributed by atoms with Gasteiger partial charge in [-0.2, -0.15) is 17.9 Å². The Balaban J connectivity index is 2.85. The van der Waals surface area contributed by atoms with Crippen molar-refractivity contribution in [3.05, 3.63) is 34.3 Å². The molecule has 1 aromatic carbocycles. The Bertz CT molecular complexity index is 330. The van der Waals surface area contributed by atoms with Gasteiger partial charge in [-0.1, -0.05) is 23.7 Å². The lowest BCUT2D eigenvalue weighted by Crippen LogP contribution is -1.88. The predicted octanol–water partition coefficient (Wildman–Crippen LogP) is 3.23. The summed E-state index contributed by atoms with van der Waals surface area (Å²) in [5, 5.41) is 9.17.